The quantitative estimate of drug-likeness (QED) is 0.711. The van der Waals surface area contributed by atoms with Crippen molar-refractivity contribution in [1.82, 2.24) is 5.32 Å². The summed E-state index contributed by atoms with van der Waals surface area (Å²) in [5.74, 6) is 1.41. The molecule has 2 unspecified atom stereocenters. The molecule has 0 bridgehead atoms. The van der Waals surface area contributed by atoms with Gasteiger partial charge in [0.05, 0.1) is 6.61 Å². The number of allylic oxidation sites excluding steroid dienone is 1. The molecule has 102 valence electrons. The van der Waals surface area contributed by atoms with E-state index in [2.05, 4.69) is 24.4 Å². The van der Waals surface area contributed by atoms with Gasteiger partial charge >= 0.3 is 0 Å². The smallest absolute Gasteiger partial charge is 0.0604 e. The minimum atomic E-state index is 0.165. The minimum Gasteiger partial charge on any atom is -0.398 e. The second-order valence-corrected chi connectivity index (χ2v) is 5.79. The Morgan fingerprint density at radius 2 is 2.16 bits per heavy atom. The Labute approximate surface area is 114 Å². The Hall–Kier alpha value is -1.48. The van der Waals surface area contributed by atoms with Gasteiger partial charge in [0.2, 0.25) is 0 Å². The lowest BCUT2D eigenvalue weighted by molar-refractivity contribution is 0.299. The molecule has 0 spiro atoms. The van der Waals surface area contributed by atoms with Crippen molar-refractivity contribution in [3.8, 4) is 0 Å². The van der Waals surface area contributed by atoms with E-state index >= 15 is 0 Å². The number of anilines is 1. The maximum absolute atomic E-state index is 8.99. The molecule has 3 nitrogen and oxygen atoms in total. The van der Waals surface area contributed by atoms with Gasteiger partial charge in [0.25, 0.3) is 0 Å². The first-order chi connectivity index (χ1) is 9.20. The van der Waals surface area contributed by atoms with Gasteiger partial charge in [-0.05, 0) is 59.9 Å². The summed E-state index contributed by atoms with van der Waals surface area (Å²) in [5, 5.41) is 12.3. The van der Waals surface area contributed by atoms with Gasteiger partial charge in [-0.2, -0.15) is 0 Å². The van der Waals surface area contributed by atoms with Crippen LogP contribution < -0.4 is 11.1 Å². The van der Waals surface area contributed by atoms with Gasteiger partial charge < -0.3 is 16.2 Å². The maximum atomic E-state index is 8.99. The Kier molecular flexibility index (Phi) is 3.23. The number of nitrogens with two attached hydrogens (primary N) is 1. The molecule has 2 fully saturated rings. The molecule has 2 aliphatic carbocycles. The summed E-state index contributed by atoms with van der Waals surface area (Å²) in [5.41, 5.74) is 12.2. The number of aliphatic hydroxyl groups is 1. The van der Waals surface area contributed by atoms with Gasteiger partial charge in [-0.1, -0.05) is 13.0 Å². The fraction of sp³-hybridized carbons (Fsp3) is 0.500. The molecular weight excluding hydrogens is 236 g/mol. The predicted octanol–water partition coefficient (Wildman–Crippen LogP) is 2.48. The van der Waals surface area contributed by atoms with Crippen molar-refractivity contribution < 1.29 is 5.11 Å². The molecule has 0 aliphatic heterocycles. The normalized spacial score (nSPS) is 24.2. The van der Waals surface area contributed by atoms with Gasteiger partial charge in [-0.25, -0.2) is 0 Å². The Morgan fingerprint density at radius 1 is 1.42 bits per heavy atom. The molecule has 19 heavy (non-hydrogen) atoms. The number of nitrogen functional groups attached to an aromatic ring is 1. The third-order valence-corrected chi connectivity index (χ3v) is 4.15. The molecule has 0 amide bonds. The molecule has 3 rings (SSSR count). The molecule has 0 heterocycles. The van der Waals surface area contributed by atoms with Crippen molar-refractivity contribution in [2.75, 3.05) is 18.9 Å². The number of nitrogens with one attached hydrogen (secondary N) is 1. The largest absolute Gasteiger partial charge is 0.398 e. The summed E-state index contributed by atoms with van der Waals surface area (Å²) in [6, 6.07) is 6.37. The Balaban J connectivity index is 1.89. The van der Waals surface area contributed by atoms with Crippen LogP contribution >= 0.6 is 0 Å². The van der Waals surface area contributed by atoms with Crippen molar-refractivity contribution in [1.29, 1.82) is 0 Å². The molecule has 0 radical (unpaired) electrons. The summed E-state index contributed by atoms with van der Waals surface area (Å²) in [6.07, 6.45) is 3.60. The zero-order chi connectivity index (χ0) is 13.4. The van der Waals surface area contributed by atoms with Gasteiger partial charge in [-0.15, -0.1) is 0 Å². The Morgan fingerprint density at radius 3 is 2.74 bits per heavy atom. The van der Waals surface area contributed by atoms with Crippen LogP contribution in [0, 0.1) is 5.92 Å². The summed E-state index contributed by atoms with van der Waals surface area (Å²) in [6.45, 7) is 3.05. The zero-order valence-electron chi connectivity index (χ0n) is 11.4. The van der Waals surface area contributed by atoms with Crippen molar-refractivity contribution in [2.45, 2.75) is 32.1 Å². The van der Waals surface area contributed by atoms with E-state index in [9.17, 15) is 0 Å². The van der Waals surface area contributed by atoms with Crippen LogP contribution in [-0.2, 0) is 0 Å². The van der Waals surface area contributed by atoms with Gasteiger partial charge in [0.15, 0.2) is 0 Å². The summed E-state index contributed by atoms with van der Waals surface area (Å²) in [4.78, 5) is 0. The molecule has 0 saturated heterocycles. The van der Waals surface area contributed by atoms with Crippen LogP contribution in [0.25, 0.3) is 5.70 Å². The highest BCUT2D eigenvalue weighted by molar-refractivity contribution is 5.72. The topological polar surface area (TPSA) is 58.3 Å². The van der Waals surface area contributed by atoms with Crippen LogP contribution in [0.15, 0.2) is 23.8 Å². The van der Waals surface area contributed by atoms with Crippen LogP contribution in [0.2, 0.25) is 0 Å². The van der Waals surface area contributed by atoms with Crippen LogP contribution in [0.5, 0.6) is 0 Å². The molecule has 4 N–H and O–H groups in total. The fourth-order valence-corrected chi connectivity index (χ4v) is 2.73. The first-order valence-corrected chi connectivity index (χ1v) is 7.17. The molecule has 1 aromatic carbocycles. The molecule has 1 aromatic rings. The maximum Gasteiger partial charge on any atom is 0.0604 e. The van der Waals surface area contributed by atoms with Crippen molar-refractivity contribution in [3.05, 3.63) is 34.9 Å². The van der Waals surface area contributed by atoms with Crippen molar-refractivity contribution in [2.24, 2.45) is 5.92 Å². The van der Waals surface area contributed by atoms with Crippen LogP contribution in [0.1, 0.15) is 43.2 Å². The number of rotatable bonds is 5. The van der Waals surface area contributed by atoms with Gasteiger partial charge in [0.1, 0.15) is 0 Å². The summed E-state index contributed by atoms with van der Waals surface area (Å²) in [7, 11) is 0. The standard InChI is InChI=1S/C16H22N2O/c1-10-8-13(10)14-9-12(4-5-15(14)17)16(11-2-3-11)18-6-7-19/h4-5,9-10,13,18-19H,2-3,6-8,17H2,1H3. The van der Waals surface area contributed by atoms with E-state index in [1.54, 1.807) is 0 Å². The first-order valence-electron chi connectivity index (χ1n) is 7.17. The number of hydrogen-bond donors (Lipinski definition) is 3. The third-order valence-electron chi connectivity index (χ3n) is 4.15. The SMILES string of the molecule is CC1CC1c1cc(C(NCCO)=C2CC2)ccc1N. The third kappa shape index (κ3) is 2.61. The minimum absolute atomic E-state index is 0.165. The van der Waals surface area contributed by atoms with E-state index in [0.717, 1.165) is 11.6 Å². The van der Waals surface area contributed by atoms with Gasteiger partial charge in [-0.3, -0.25) is 0 Å². The highest BCUT2D eigenvalue weighted by Crippen LogP contribution is 2.49. The van der Waals surface area contributed by atoms with Crippen LogP contribution in [0.3, 0.4) is 0 Å². The summed E-state index contributed by atoms with van der Waals surface area (Å²) < 4.78 is 0. The number of hydrogen-bond acceptors (Lipinski definition) is 3. The molecular formula is C16H22N2O. The average Bonchev–Trinajstić information content (AvgIpc) is 3.29. The van der Waals surface area contributed by atoms with Crippen molar-refractivity contribution >= 4 is 11.4 Å². The zero-order valence-corrected chi connectivity index (χ0v) is 11.4. The van der Waals surface area contributed by atoms with Crippen molar-refractivity contribution in [3.63, 3.8) is 0 Å². The predicted molar refractivity (Wildman–Crippen MR) is 78.6 cm³/mol. The second-order valence-electron chi connectivity index (χ2n) is 5.79. The van der Waals surface area contributed by atoms with Crippen LogP contribution in [-0.4, -0.2) is 18.3 Å². The Bertz CT molecular complexity index is 515. The first kappa shape index (κ1) is 12.5. The van der Waals surface area contributed by atoms with E-state index in [-0.39, 0.29) is 6.61 Å². The molecule has 2 saturated carbocycles. The lowest BCUT2D eigenvalue weighted by Crippen LogP contribution is -2.17. The fourth-order valence-electron chi connectivity index (χ4n) is 2.73. The van der Waals surface area contributed by atoms with E-state index in [1.807, 2.05) is 6.07 Å². The number of benzene rings is 1. The highest BCUT2D eigenvalue weighted by atomic mass is 16.3. The second kappa shape index (κ2) is 4.89. The lowest BCUT2D eigenvalue weighted by Gasteiger charge is -2.13. The molecule has 2 atom stereocenters. The molecule has 0 aromatic heterocycles. The summed E-state index contributed by atoms with van der Waals surface area (Å²) >= 11 is 0. The monoisotopic (exact) mass is 258 g/mol. The lowest BCUT2D eigenvalue weighted by atomic mass is 10.0. The van der Waals surface area contributed by atoms with Crippen LogP contribution in [0.4, 0.5) is 5.69 Å². The van der Waals surface area contributed by atoms with E-state index in [0.29, 0.717) is 12.5 Å². The van der Waals surface area contributed by atoms with E-state index in [1.165, 1.54) is 41.7 Å². The highest BCUT2D eigenvalue weighted by Gasteiger charge is 2.35. The van der Waals surface area contributed by atoms with E-state index in [4.69, 9.17) is 10.8 Å². The average molecular weight is 258 g/mol. The van der Waals surface area contributed by atoms with E-state index < -0.39 is 0 Å². The molecule has 3 heteroatoms. The molecule has 2 aliphatic rings. The number of aliphatic hydroxyl groups excluding tert-OH is 1. The van der Waals surface area contributed by atoms with Gasteiger partial charge in [0, 0.05) is 17.9 Å².